The maximum absolute atomic E-state index is 11.8. The van der Waals surface area contributed by atoms with Gasteiger partial charge in [-0.3, -0.25) is 9.59 Å². The topological polar surface area (TPSA) is 84.2 Å². The summed E-state index contributed by atoms with van der Waals surface area (Å²) in [6.07, 6.45) is 2.84. The van der Waals surface area contributed by atoms with E-state index in [4.69, 9.17) is 40.5 Å². The van der Waals surface area contributed by atoms with E-state index >= 15 is 0 Å². The van der Waals surface area contributed by atoms with Crippen molar-refractivity contribution in [2.45, 2.75) is 42.6 Å². The molecule has 1 aliphatic rings. The van der Waals surface area contributed by atoms with Crippen LogP contribution in [0.25, 0.3) is 0 Å². The SMILES string of the molecule is CC(=O)N[C@@H](Nc1sc2c(c1C(N)=O)CCCC2)C(Cl)(Cl)Cl. The van der Waals surface area contributed by atoms with Gasteiger partial charge in [0.15, 0.2) is 0 Å². The first kappa shape index (κ1) is 17.7. The molecule has 0 fully saturated rings. The first-order valence-electron chi connectivity index (χ1n) is 6.75. The third-order valence-electron chi connectivity index (χ3n) is 3.37. The smallest absolute Gasteiger partial charge is 0.251 e. The Morgan fingerprint density at radius 3 is 2.45 bits per heavy atom. The number of carbonyl (C=O) groups excluding carboxylic acids is 2. The molecule has 0 aliphatic heterocycles. The van der Waals surface area contributed by atoms with Gasteiger partial charge >= 0.3 is 0 Å². The zero-order valence-corrected chi connectivity index (χ0v) is 14.9. The minimum atomic E-state index is -1.77. The fraction of sp³-hybridized carbons (Fsp3) is 0.538. The number of anilines is 1. The lowest BCUT2D eigenvalue weighted by molar-refractivity contribution is -0.119. The number of primary amides is 1. The Labute approximate surface area is 147 Å². The molecule has 122 valence electrons. The molecule has 1 aromatic rings. The minimum Gasteiger partial charge on any atom is -0.365 e. The number of nitrogens with two attached hydrogens (primary N) is 1. The zero-order chi connectivity index (χ0) is 16.5. The van der Waals surface area contributed by atoms with Crippen LogP contribution in [-0.4, -0.2) is 21.8 Å². The predicted octanol–water partition coefficient (Wildman–Crippen LogP) is 2.97. The van der Waals surface area contributed by atoms with Crippen LogP contribution in [0.4, 0.5) is 5.00 Å². The molecular weight excluding hydrogens is 369 g/mol. The first-order valence-corrected chi connectivity index (χ1v) is 8.70. The van der Waals surface area contributed by atoms with E-state index in [1.54, 1.807) is 0 Å². The lowest BCUT2D eigenvalue weighted by Crippen LogP contribution is -2.48. The summed E-state index contributed by atoms with van der Waals surface area (Å²) in [5, 5.41) is 6.00. The van der Waals surface area contributed by atoms with Crippen LogP contribution < -0.4 is 16.4 Å². The van der Waals surface area contributed by atoms with Crippen molar-refractivity contribution in [3.8, 4) is 0 Å². The molecule has 2 rings (SSSR count). The second kappa shape index (κ2) is 6.83. The number of fused-ring (bicyclic) bond motifs is 1. The Morgan fingerprint density at radius 1 is 1.27 bits per heavy atom. The van der Waals surface area contributed by atoms with E-state index in [9.17, 15) is 9.59 Å². The molecule has 1 atom stereocenters. The molecule has 0 bridgehead atoms. The van der Waals surface area contributed by atoms with Crippen LogP contribution >= 0.6 is 46.1 Å². The second-order valence-corrected chi connectivity index (χ2v) is 8.57. The van der Waals surface area contributed by atoms with Gasteiger partial charge in [-0.15, -0.1) is 11.3 Å². The Bertz CT molecular complexity index is 598. The van der Waals surface area contributed by atoms with Crippen LogP contribution in [-0.2, 0) is 17.6 Å². The molecule has 1 heterocycles. The van der Waals surface area contributed by atoms with Crippen molar-refractivity contribution in [3.63, 3.8) is 0 Å². The number of thiophene rings is 1. The van der Waals surface area contributed by atoms with E-state index in [0.29, 0.717) is 10.6 Å². The largest absolute Gasteiger partial charge is 0.365 e. The maximum Gasteiger partial charge on any atom is 0.251 e. The number of hydrogen-bond acceptors (Lipinski definition) is 4. The number of amides is 2. The van der Waals surface area contributed by atoms with Crippen molar-refractivity contribution in [1.82, 2.24) is 5.32 Å². The molecule has 22 heavy (non-hydrogen) atoms. The third-order valence-corrected chi connectivity index (χ3v) is 5.25. The van der Waals surface area contributed by atoms with Gasteiger partial charge in [-0.25, -0.2) is 0 Å². The predicted molar refractivity (Wildman–Crippen MR) is 91.0 cm³/mol. The molecule has 5 nitrogen and oxygen atoms in total. The number of alkyl halides is 3. The van der Waals surface area contributed by atoms with Gasteiger partial charge in [0.1, 0.15) is 11.2 Å². The zero-order valence-electron chi connectivity index (χ0n) is 11.8. The van der Waals surface area contributed by atoms with Crippen molar-refractivity contribution in [2.24, 2.45) is 5.73 Å². The summed E-state index contributed by atoms with van der Waals surface area (Å²) in [5.74, 6) is -0.876. The van der Waals surface area contributed by atoms with Gasteiger partial charge < -0.3 is 16.4 Å². The summed E-state index contributed by atoms with van der Waals surface area (Å²) < 4.78 is -1.77. The van der Waals surface area contributed by atoms with E-state index in [0.717, 1.165) is 36.1 Å². The Kier molecular flexibility index (Phi) is 5.48. The van der Waals surface area contributed by atoms with Gasteiger partial charge in [-0.1, -0.05) is 34.8 Å². The van der Waals surface area contributed by atoms with Crippen LogP contribution in [0, 0.1) is 0 Å². The van der Waals surface area contributed by atoms with Gasteiger partial charge in [0.05, 0.1) is 5.56 Å². The Morgan fingerprint density at radius 2 is 1.91 bits per heavy atom. The Balaban J connectivity index is 2.36. The summed E-state index contributed by atoms with van der Waals surface area (Å²) in [6, 6.07) is 0. The fourth-order valence-corrected chi connectivity index (χ4v) is 4.11. The summed E-state index contributed by atoms with van der Waals surface area (Å²) in [6.45, 7) is 1.32. The molecule has 2 amide bonds. The van der Waals surface area contributed by atoms with Crippen molar-refractivity contribution in [3.05, 3.63) is 16.0 Å². The van der Waals surface area contributed by atoms with Gasteiger partial charge in [-0.05, 0) is 31.2 Å². The summed E-state index contributed by atoms with van der Waals surface area (Å²) in [5.41, 5.74) is 6.91. The average Bonchev–Trinajstić information content (AvgIpc) is 2.74. The molecule has 0 spiro atoms. The van der Waals surface area contributed by atoms with Crippen LogP contribution in [0.1, 0.15) is 40.6 Å². The van der Waals surface area contributed by atoms with Crippen molar-refractivity contribution in [1.29, 1.82) is 0 Å². The molecule has 0 unspecified atom stereocenters. The highest BCUT2D eigenvalue weighted by molar-refractivity contribution is 7.16. The summed E-state index contributed by atoms with van der Waals surface area (Å²) >= 11 is 19.1. The first-order chi connectivity index (χ1) is 10.2. The molecule has 0 radical (unpaired) electrons. The monoisotopic (exact) mass is 383 g/mol. The number of halogens is 3. The second-order valence-electron chi connectivity index (χ2n) is 5.10. The third kappa shape index (κ3) is 3.98. The van der Waals surface area contributed by atoms with Crippen molar-refractivity contribution < 1.29 is 9.59 Å². The highest BCUT2D eigenvalue weighted by Crippen LogP contribution is 2.40. The molecule has 1 aromatic heterocycles. The highest BCUT2D eigenvalue weighted by Gasteiger charge is 2.35. The van der Waals surface area contributed by atoms with Gasteiger partial charge in [0.25, 0.3) is 5.91 Å². The van der Waals surface area contributed by atoms with Gasteiger partial charge in [0, 0.05) is 11.8 Å². The molecule has 4 N–H and O–H groups in total. The molecular formula is C13H16Cl3N3O2S. The lowest BCUT2D eigenvalue weighted by Gasteiger charge is -2.26. The fourth-order valence-electron chi connectivity index (χ4n) is 2.46. The maximum atomic E-state index is 11.8. The summed E-state index contributed by atoms with van der Waals surface area (Å²) in [4.78, 5) is 24.2. The van der Waals surface area contributed by atoms with Gasteiger partial charge in [0.2, 0.25) is 9.70 Å². The van der Waals surface area contributed by atoms with Crippen molar-refractivity contribution >= 4 is 63.0 Å². The standard InChI is InChI=1S/C13H16Cl3N3O2S/c1-6(20)18-12(13(14,15)16)19-11-9(10(17)21)7-4-2-3-5-8(7)22-11/h12,19H,2-5H2,1H3,(H2,17,21)(H,18,20)/t12-/m0/s1. The molecule has 9 heteroatoms. The van der Waals surface area contributed by atoms with E-state index in [2.05, 4.69) is 10.6 Å². The van der Waals surface area contributed by atoms with Crippen molar-refractivity contribution in [2.75, 3.05) is 5.32 Å². The normalized spacial score (nSPS) is 15.8. The van der Waals surface area contributed by atoms with E-state index in [1.165, 1.54) is 18.3 Å². The van der Waals surface area contributed by atoms with Crippen LogP contribution in [0.15, 0.2) is 0 Å². The Hall–Kier alpha value is -0.690. The number of aryl methyl sites for hydroxylation is 1. The quantitative estimate of drug-likeness (QED) is 0.551. The number of rotatable bonds is 4. The highest BCUT2D eigenvalue weighted by atomic mass is 35.6. The molecule has 0 saturated carbocycles. The molecule has 1 aliphatic carbocycles. The van der Waals surface area contributed by atoms with Gasteiger partial charge in [-0.2, -0.15) is 0 Å². The van der Waals surface area contributed by atoms with Crippen LogP contribution in [0.3, 0.4) is 0 Å². The number of hydrogen-bond donors (Lipinski definition) is 3. The lowest BCUT2D eigenvalue weighted by atomic mass is 9.95. The van der Waals surface area contributed by atoms with Crippen LogP contribution in [0.2, 0.25) is 0 Å². The van der Waals surface area contributed by atoms with Crippen LogP contribution in [0.5, 0.6) is 0 Å². The molecule has 0 aromatic carbocycles. The number of carbonyl (C=O) groups is 2. The van der Waals surface area contributed by atoms with E-state index in [1.807, 2.05) is 0 Å². The number of nitrogens with one attached hydrogen (secondary N) is 2. The van der Waals surface area contributed by atoms with E-state index in [-0.39, 0.29) is 5.91 Å². The van der Waals surface area contributed by atoms with E-state index < -0.39 is 15.9 Å². The summed E-state index contributed by atoms with van der Waals surface area (Å²) in [7, 11) is 0. The molecule has 0 saturated heterocycles. The minimum absolute atomic E-state index is 0.356. The average molecular weight is 385 g/mol.